The van der Waals surface area contributed by atoms with Crippen LogP contribution in [0.5, 0.6) is 0 Å². The highest BCUT2D eigenvalue weighted by molar-refractivity contribution is 5.80. The van der Waals surface area contributed by atoms with E-state index in [2.05, 4.69) is 38.3 Å². The minimum absolute atomic E-state index is 0.0538. The predicted octanol–water partition coefficient (Wildman–Crippen LogP) is 8.05. The minimum atomic E-state index is -2.00. The number of carbonyl (C=O) groups excluding carboxylic acids is 7. The van der Waals surface area contributed by atoms with Gasteiger partial charge in [-0.3, -0.25) is 28.8 Å². The Labute approximate surface area is 542 Å². The Morgan fingerprint density at radius 1 is 0.441 bits per heavy atom. The van der Waals surface area contributed by atoms with Crippen LogP contribution in [0, 0.1) is 70.5 Å². The summed E-state index contributed by atoms with van der Waals surface area (Å²) in [7, 11) is 0. The van der Waals surface area contributed by atoms with Crippen LogP contribution >= 0.6 is 0 Å². The summed E-state index contributed by atoms with van der Waals surface area (Å²) in [6.45, 7) is 19.6. The molecule has 522 valence electrons. The van der Waals surface area contributed by atoms with Crippen LogP contribution in [0.2, 0.25) is 0 Å². The van der Waals surface area contributed by atoms with E-state index >= 15 is 0 Å². The Morgan fingerprint density at radius 3 is 1.30 bits per heavy atom. The summed E-state index contributed by atoms with van der Waals surface area (Å²) in [6.07, 6.45) is 1.08. The van der Waals surface area contributed by atoms with Crippen molar-refractivity contribution in [2.24, 2.45) is 70.5 Å². The van der Waals surface area contributed by atoms with Crippen LogP contribution in [-0.4, -0.2) is 146 Å². The van der Waals surface area contributed by atoms with Gasteiger partial charge in [0.15, 0.2) is 35.7 Å². The van der Waals surface area contributed by atoms with Crippen molar-refractivity contribution in [3.63, 3.8) is 0 Å². The van der Waals surface area contributed by atoms with E-state index in [9.17, 15) is 33.6 Å². The molecule has 15 aliphatic rings. The quantitative estimate of drug-likeness (QED) is 0.0623. The second-order valence-corrected chi connectivity index (χ2v) is 30.1. The number of ether oxygens (including phenoxy) is 12. The second-order valence-electron chi connectivity index (χ2n) is 30.1. The summed E-state index contributed by atoms with van der Waals surface area (Å²) >= 11 is 0. The number of nitrogens with one attached hydrogen (secondary N) is 2. The minimum Gasteiger partial charge on any atom is -0.463 e. The topological polar surface area (TPSA) is 310 Å². The third-order valence-corrected chi connectivity index (χ3v) is 23.9. The van der Waals surface area contributed by atoms with Gasteiger partial charge in [-0.2, -0.15) is 0 Å². The summed E-state index contributed by atoms with van der Waals surface area (Å²) in [4.78, 5) is 133. The zero-order valence-electron chi connectivity index (χ0n) is 55.8. The van der Waals surface area contributed by atoms with Gasteiger partial charge in [0, 0.05) is 60.8 Å². The number of hydrogen-bond donors (Lipinski definition) is 2. The summed E-state index contributed by atoms with van der Waals surface area (Å²) in [5.41, 5.74) is -5.33. The van der Waals surface area contributed by atoms with E-state index < -0.39 is 183 Å². The second kappa shape index (κ2) is 26.1. The average molecular weight is 1320 g/mol. The molecular formula is C66H98N2O25. The molecule has 3 aliphatic carbocycles. The molecule has 93 heavy (non-hydrogen) atoms. The lowest BCUT2D eigenvalue weighted by Gasteiger charge is -2.65. The molecule has 3 saturated carbocycles. The molecule has 0 aromatic heterocycles. The van der Waals surface area contributed by atoms with Gasteiger partial charge in [0.05, 0.1) is 38.5 Å². The standard InChI is InChI=1S/C66H98N2O25/c1-12-31-67-58(75)68-63(32-76-46(69)17-20-49(72)79-52-38(5)44-15-13-35(2)41-24-28-60(9)85-55(82-52)64(41,44)91-88-60,33-77-47(70)18-21-50(73)80-53-39(6)45-16-14-36(3)42-25-29-61(10)86-56(83-53)65(42,45)92-89-61)34-78-48(71)19-22-51(74)81-54-40(7)59(8)27-23-37(4)43-26-30-62(11)87-57(84-54)66(43,59)93-90-62/h35-45,52-57H,12-34H2,1-11H3,(H2,67,68,75)/t35-,36-,37-,38-,39-,40+,41+,42+,43+,44+,45+,52-,53-,54-,55-,56-,57-,59+,60-,61-,62-,64-,65-,66+/m1/s1. The highest BCUT2D eigenvalue weighted by Gasteiger charge is 2.76. The smallest absolute Gasteiger partial charge is 0.315 e. The van der Waals surface area contributed by atoms with Crippen LogP contribution < -0.4 is 10.6 Å². The van der Waals surface area contributed by atoms with E-state index in [1.165, 1.54) is 0 Å². The van der Waals surface area contributed by atoms with Gasteiger partial charge in [-0.05, 0) is 120 Å². The average Bonchev–Trinajstić information content (AvgIpc) is 1.69. The number of esters is 6. The molecular weight excluding hydrogens is 1220 g/mol. The lowest BCUT2D eigenvalue weighted by atomic mass is 9.50. The fourth-order valence-electron chi connectivity index (χ4n) is 18.1. The molecule has 15 fully saturated rings. The van der Waals surface area contributed by atoms with Crippen LogP contribution in [0.1, 0.15) is 198 Å². The van der Waals surface area contributed by atoms with E-state index in [-0.39, 0.29) is 53.9 Å². The zero-order chi connectivity index (χ0) is 66.3. The Hall–Kier alpha value is -4.39. The number of hydrogen-bond acceptors (Lipinski definition) is 25. The van der Waals surface area contributed by atoms with Crippen molar-refractivity contribution in [3.8, 4) is 0 Å². The molecule has 0 aromatic carbocycles. The van der Waals surface area contributed by atoms with Crippen LogP contribution in [0.3, 0.4) is 0 Å². The Kier molecular flexibility index (Phi) is 19.3. The summed E-state index contributed by atoms with van der Waals surface area (Å²) in [6, 6.07) is -0.804. The molecule has 27 heteroatoms. The highest BCUT2D eigenvalue weighted by Crippen LogP contribution is 2.67. The van der Waals surface area contributed by atoms with E-state index in [1.54, 1.807) is 20.8 Å². The lowest BCUT2D eigenvalue weighted by molar-refractivity contribution is -0.586. The molecule has 3 spiro atoms. The number of fused-ring (bicyclic) bond motifs is 6. The number of carbonyl (C=O) groups is 7. The fourth-order valence-corrected chi connectivity index (χ4v) is 18.1. The van der Waals surface area contributed by atoms with Gasteiger partial charge < -0.3 is 67.5 Å². The molecule has 0 radical (unpaired) electrons. The van der Waals surface area contributed by atoms with Crippen molar-refractivity contribution in [3.05, 3.63) is 0 Å². The SMILES string of the molecule is CCCNC(=O)NC(COC(=O)CCC(=O)O[C@@H]1O[C@@H]2O[C@@]3(C)CC[C@H]4[C@H](C)CC[C@@H]([C@H]1C)[C@@]24OO3)(COC(=O)CCC(=O)O[C@@H]1O[C@@H]2O[C@@]3(C)CC[C@H]4[C@H](C)CC[C@@H]([C@H]1C)[C@@]24OO3)COC(=O)CCC(=O)O[C@@H]1O[C@@H]2O[C@@]3(C)CC[C@H]4[C@H](C)CC[C@@](C)([C@H]1C)[C@@]24OO3. The third-order valence-electron chi connectivity index (χ3n) is 23.9. The summed E-state index contributed by atoms with van der Waals surface area (Å²) < 4.78 is 73.7. The largest absolute Gasteiger partial charge is 0.463 e. The summed E-state index contributed by atoms with van der Waals surface area (Å²) in [5, 5.41) is 5.37. The van der Waals surface area contributed by atoms with Gasteiger partial charge in [0.25, 0.3) is 0 Å². The molecule has 0 aromatic rings. The van der Waals surface area contributed by atoms with Crippen molar-refractivity contribution < 1.29 is 120 Å². The van der Waals surface area contributed by atoms with Gasteiger partial charge in [-0.1, -0.05) is 55.4 Å². The summed E-state index contributed by atoms with van der Waals surface area (Å²) in [5.74, 6) is -8.43. The van der Waals surface area contributed by atoms with Crippen molar-refractivity contribution in [2.75, 3.05) is 26.4 Å². The highest BCUT2D eigenvalue weighted by atomic mass is 17.3. The fraction of sp³-hybridized carbons (Fsp3) is 0.894. The van der Waals surface area contributed by atoms with Crippen molar-refractivity contribution in [1.29, 1.82) is 0 Å². The molecule has 2 N–H and O–H groups in total. The van der Waals surface area contributed by atoms with Gasteiger partial charge in [-0.15, -0.1) is 0 Å². The number of urea groups is 1. The molecule has 15 rings (SSSR count). The maximum atomic E-state index is 13.8. The first kappa shape index (κ1) is 68.5. The van der Waals surface area contributed by atoms with Gasteiger partial charge >= 0.3 is 41.8 Å². The van der Waals surface area contributed by atoms with E-state index in [1.807, 2.05) is 27.7 Å². The Bertz CT molecular complexity index is 2720. The van der Waals surface area contributed by atoms with Crippen molar-refractivity contribution >= 4 is 41.8 Å². The van der Waals surface area contributed by atoms with Crippen LogP contribution in [-0.2, 0) is 115 Å². The molecule has 12 heterocycles. The lowest BCUT2D eigenvalue weighted by Crippen LogP contribution is -2.74. The maximum Gasteiger partial charge on any atom is 0.315 e. The monoisotopic (exact) mass is 1320 g/mol. The molecule has 6 bridgehead atoms. The van der Waals surface area contributed by atoms with E-state index in [4.69, 9.17) is 86.2 Å². The Morgan fingerprint density at radius 2 is 0.839 bits per heavy atom. The van der Waals surface area contributed by atoms with Crippen LogP contribution in [0.4, 0.5) is 4.79 Å². The van der Waals surface area contributed by atoms with Crippen LogP contribution in [0.15, 0.2) is 0 Å². The van der Waals surface area contributed by atoms with E-state index in [0.717, 1.165) is 57.8 Å². The Balaban J connectivity index is 0.694. The molecule has 2 amide bonds. The van der Waals surface area contributed by atoms with Crippen LogP contribution in [0.25, 0.3) is 0 Å². The molecule has 12 aliphatic heterocycles. The predicted molar refractivity (Wildman–Crippen MR) is 314 cm³/mol. The van der Waals surface area contributed by atoms with Gasteiger partial charge in [0.1, 0.15) is 25.4 Å². The third kappa shape index (κ3) is 12.5. The van der Waals surface area contributed by atoms with Gasteiger partial charge in [0.2, 0.25) is 36.2 Å². The molecule has 0 unspecified atom stereocenters. The normalized spacial score (nSPS) is 44.9. The first-order valence-corrected chi connectivity index (χ1v) is 34.3. The van der Waals surface area contributed by atoms with Gasteiger partial charge in [-0.25, -0.2) is 34.1 Å². The first-order valence-electron chi connectivity index (χ1n) is 34.3. The maximum absolute atomic E-state index is 13.8. The van der Waals surface area contributed by atoms with Crippen molar-refractivity contribution in [1.82, 2.24) is 10.6 Å². The first-order chi connectivity index (χ1) is 44.1. The number of rotatable bonds is 21. The van der Waals surface area contributed by atoms with E-state index in [0.29, 0.717) is 43.4 Å². The molecule has 24 atom stereocenters. The molecule has 27 nitrogen and oxygen atoms in total. The number of amides is 2. The van der Waals surface area contributed by atoms with Crippen molar-refractivity contribution in [2.45, 2.75) is 276 Å². The zero-order valence-corrected chi connectivity index (χ0v) is 55.8. The molecule has 12 saturated heterocycles.